The van der Waals surface area contributed by atoms with E-state index in [4.69, 9.17) is 4.74 Å². The summed E-state index contributed by atoms with van der Waals surface area (Å²) in [6.07, 6.45) is 9.15. The Labute approximate surface area is 177 Å². The molecule has 8 heteroatoms. The Bertz CT molecular complexity index is 716. The van der Waals surface area contributed by atoms with E-state index in [-0.39, 0.29) is 18.1 Å². The summed E-state index contributed by atoms with van der Waals surface area (Å²) < 4.78 is 5.10. The van der Waals surface area contributed by atoms with E-state index < -0.39 is 30.0 Å². The molecule has 1 heterocycles. The quantitative estimate of drug-likeness (QED) is 0.463. The van der Waals surface area contributed by atoms with Crippen molar-refractivity contribution in [1.82, 2.24) is 15.5 Å². The lowest BCUT2D eigenvalue weighted by atomic mass is 9.53. The lowest BCUT2D eigenvalue weighted by Crippen LogP contribution is -2.60. The van der Waals surface area contributed by atoms with Crippen molar-refractivity contribution in [2.45, 2.75) is 82.7 Å². The standard InChI is InChI=1S/C22H33N3O5/c1-3-4-5-21(2)19(28)25(20(29)24-21)12-18(27)30-13-17(26)23-22-9-14-6-15(10-22)8-16(7-14)11-22/h14-16H,3-13H2,1-2H3,(H,23,26)(H,24,29)/t14?,15?,16?,21-,22?/m1/s1. The second-order valence-corrected chi connectivity index (χ2v) is 10.2. The number of nitrogens with zero attached hydrogens (tertiary/aromatic N) is 1. The van der Waals surface area contributed by atoms with E-state index in [2.05, 4.69) is 10.6 Å². The zero-order valence-corrected chi connectivity index (χ0v) is 18.0. The Morgan fingerprint density at radius 1 is 1.13 bits per heavy atom. The zero-order chi connectivity index (χ0) is 21.5. The molecule has 0 aromatic heterocycles. The number of carbonyl (C=O) groups excluding carboxylic acids is 4. The molecule has 2 N–H and O–H groups in total. The van der Waals surface area contributed by atoms with Crippen LogP contribution in [0.1, 0.15) is 71.6 Å². The number of urea groups is 1. The maximum atomic E-state index is 12.6. The second-order valence-electron chi connectivity index (χ2n) is 10.2. The van der Waals surface area contributed by atoms with Crippen molar-refractivity contribution in [1.29, 1.82) is 0 Å². The smallest absolute Gasteiger partial charge is 0.326 e. The Kier molecular flexibility index (Phi) is 5.53. The third-order valence-electron chi connectivity index (χ3n) is 7.47. The Morgan fingerprint density at radius 3 is 2.30 bits per heavy atom. The molecule has 5 fully saturated rings. The molecule has 0 radical (unpaired) electrons. The number of esters is 1. The van der Waals surface area contributed by atoms with E-state index >= 15 is 0 Å². The van der Waals surface area contributed by atoms with Crippen LogP contribution in [0.5, 0.6) is 0 Å². The number of amides is 4. The summed E-state index contributed by atoms with van der Waals surface area (Å²) in [6, 6.07) is -0.589. The Balaban J connectivity index is 1.25. The van der Waals surface area contributed by atoms with E-state index in [1.165, 1.54) is 19.3 Å². The van der Waals surface area contributed by atoms with Crippen LogP contribution >= 0.6 is 0 Å². The fraction of sp³-hybridized carbons (Fsp3) is 0.818. The number of ether oxygens (including phenoxy) is 1. The number of hydrogen-bond acceptors (Lipinski definition) is 5. The van der Waals surface area contributed by atoms with Gasteiger partial charge in [0, 0.05) is 5.54 Å². The molecule has 1 atom stereocenters. The Morgan fingerprint density at radius 2 is 1.73 bits per heavy atom. The van der Waals surface area contributed by atoms with Gasteiger partial charge in [0.15, 0.2) is 6.61 Å². The molecule has 4 saturated carbocycles. The van der Waals surface area contributed by atoms with E-state index in [1.807, 2.05) is 6.92 Å². The van der Waals surface area contributed by atoms with E-state index in [0.29, 0.717) is 24.2 Å². The van der Waals surface area contributed by atoms with Crippen molar-refractivity contribution in [2.75, 3.05) is 13.2 Å². The van der Waals surface area contributed by atoms with Gasteiger partial charge in [0.1, 0.15) is 12.1 Å². The molecule has 166 valence electrons. The van der Waals surface area contributed by atoms with Crippen LogP contribution in [0.3, 0.4) is 0 Å². The van der Waals surface area contributed by atoms with Gasteiger partial charge in [-0.1, -0.05) is 19.8 Å². The minimum absolute atomic E-state index is 0.135. The Hall–Kier alpha value is -2.12. The summed E-state index contributed by atoms with van der Waals surface area (Å²) in [7, 11) is 0. The summed E-state index contributed by atoms with van der Waals surface area (Å²) in [4.78, 5) is 50.3. The van der Waals surface area contributed by atoms with Gasteiger partial charge in [-0.2, -0.15) is 0 Å². The van der Waals surface area contributed by atoms with Crippen molar-refractivity contribution >= 4 is 23.8 Å². The van der Waals surface area contributed by atoms with Crippen LogP contribution in [0.15, 0.2) is 0 Å². The molecule has 1 aliphatic heterocycles. The predicted octanol–water partition coefficient (Wildman–Crippen LogP) is 2.12. The first-order valence-electron chi connectivity index (χ1n) is 11.3. The number of carbonyl (C=O) groups is 4. The monoisotopic (exact) mass is 419 g/mol. The average Bonchev–Trinajstić information content (AvgIpc) is 2.87. The number of rotatable bonds is 8. The predicted molar refractivity (Wildman–Crippen MR) is 108 cm³/mol. The highest BCUT2D eigenvalue weighted by molar-refractivity contribution is 6.08. The van der Waals surface area contributed by atoms with Crippen LogP contribution < -0.4 is 10.6 Å². The molecule has 8 nitrogen and oxygen atoms in total. The number of nitrogens with one attached hydrogen (secondary N) is 2. The van der Waals surface area contributed by atoms with Gasteiger partial charge in [-0.3, -0.25) is 19.3 Å². The summed E-state index contributed by atoms with van der Waals surface area (Å²) in [5.74, 6) is 0.660. The van der Waals surface area contributed by atoms with Gasteiger partial charge < -0.3 is 15.4 Å². The van der Waals surface area contributed by atoms with Crippen LogP contribution in [0.25, 0.3) is 0 Å². The zero-order valence-electron chi connectivity index (χ0n) is 18.0. The number of unbranched alkanes of at least 4 members (excludes halogenated alkanes) is 1. The minimum Gasteiger partial charge on any atom is -0.454 e. The van der Waals surface area contributed by atoms with Gasteiger partial charge in [-0.25, -0.2) is 4.79 Å². The fourth-order valence-electron chi connectivity index (χ4n) is 6.51. The number of imide groups is 1. The van der Waals surface area contributed by atoms with E-state index in [0.717, 1.165) is 37.0 Å². The normalized spacial score (nSPS) is 36.7. The molecular weight excluding hydrogens is 386 g/mol. The second kappa shape index (κ2) is 7.85. The van der Waals surface area contributed by atoms with Gasteiger partial charge in [0.2, 0.25) is 0 Å². The third kappa shape index (κ3) is 4.05. The summed E-state index contributed by atoms with van der Waals surface area (Å²) >= 11 is 0. The van der Waals surface area contributed by atoms with Crippen LogP contribution in [0, 0.1) is 17.8 Å². The molecule has 5 aliphatic rings. The first kappa shape index (κ1) is 21.1. The molecule has 5 rings (SSSR count). The first-order valence-corrected chi connectivity index (χ1v) is 11.3. The molecular formula is C22H33N3O5. The van der Waals surface area contributed by atoms with Crippen molar-refractivity contribution in [3.8, 4) is 0 Å². The van der Waals surface area contributed by atoms with Gasteiger partial charge >= 0.3 is 12.0 Å². The van der Waals surface area contributed by atoms with Crippen molar-refractivity contribution in [3.05, 3.63) is 0 Å². The van der Waals surface area contributed by atoms with E-state index in [1.54, 1.807) is 6.92 Å². The molecule has 0 unspecified atom stereocenters. The molecule has 30 heavy (non-hydrogen) atoms. The first-order chi connectivity index (χ1) is 14.2. The maximum Gasteiger partial charge on any atom is 0.326 e. The average molecular weight is 420 g/mol. The molecule has 4 bridgehead atoms. The van der Waals surface area contributed by atoms with Gasteiger partial charge in [0.05, 0.1) is 0 Å². The van der Waals surface area contributed by atoms with E-state index in [9.17, 15) is 19.2 Å². The largest absolute Gasteiger partial charge is 0.454 e. The highest BCUT2D eigenvalue weighted by atomic mass is 16.5. The molecule has 0 aromatic carbocycles. The van der Waals surface area contributed by atoms with Crippen molar-refractivity contribution in [2.24, 2.45) is 17.8 Å². The summed E-state index contributed by atoms with van der Waals surface area (Å²) in [6.45, 7) is 2.83. The van der Waals surface area contributed by atoms with Gasteiger partial charge in [-0.05, 0) is 69.6 Å². The maximum absolute atomic E-state index is 12.6. The van der Waals surface area contributed by atoms with Crippen LogP contribution in [0.2, 0.25) is 0 Å². The molecule has 4 amide bonds. The SMILES string of the molecule is CCCC[C@@]1(C)NC(=O)N(CC(=O)OCC(=O)NC23CC4CC(CC(C4)C2)C3)C1=O. The lowest BCUT2D eigenvalue weighted by Gasteiger charge is -2.56. The molecule has 0 aromatic rings. The van der Waals surface area contributed by atoms with Crippen molar-refractivity contribution < 1.29 is 23.9 Å². The summed E-state index contributed by atoms with van der Waals surface area (Å²) in [5, 5.41) is 5.82. The molecule has 4 aliphatic carbocycles. The van der Waals surface area contributed by atoms with Crippen molar-refractivity contribution in [3.63, 3.8) is 0 Å². The van der Waals surface area contributed by atoms with Gasteiger partial charge in [-0.15, -0.1) is 0 Å². The molecule has 1 saturated heterocycles. The lowest BCUT2D eigenvalue weighted by molar-refractivity contribution is -0.152. The summed E-state index contributed by atoms with van der Waals surface area (Å²) in [5.41, 5.74) is -1.12. The van der Waals surface area contributed by atoms with Crippen LogP contribution in [0.4, 0.5) is 4.79 Å². The molecule has 0 spiro atoms. The minimum atomic E-state index is -0.983. The third-order valence-corrected chi connectivity index (χ3v) is 7.47. The highest BCUT2D eigenvalue weighted by Crippen LogP contribution is 2.55. The topological polar surface area (TPSA) is 105 Å². The van der Waals surface area contributed by atoms with Crippen LogP contribution in [-0.2, 0) is 19.1 Å². The fourth-order valence-corrected chi connectivity index (χ4v) is 6.51. The van der Waals surface area contributed by atoms with Gasteiger partial charge in [0.25, 0.3) is 11.8 Å². The highest BCUT2D eigenvalue weighted by Gasteiger charge is 2.51. The van der Waals surface area contributed by atoms with Crippen LogP contribution in [-0.4, -0.2) is 52.9 Å². The number of hydrogen-bond donors (Lipinski definition) is 2.